The third-order valence-electron chi connectivity index (χ3n) is 1.86. The van der Waals surface area contributed by atoms with Gasteiger partial charge in [0.05, 0.1) is 8.80 Å². The zero-order chi connectivity index (χ0) is 9.26. The van der Waals surface area contributed by atoms with E-state index >= 15 is 0 Å². The van der Waals surface area contributed by atoms with Crippen LogP contribution in [0.4, 0.5) is 0 Å². The van der Waals surface area contributed by atoms with Gasteiger partial charge in [-0.3, -0.25) is 0 Å². The van der Waals surface area contributed by atoms with E-state index < -0.39 is 0 Å². The third kappa shape index (κ3) is 1.93. The second-order valence-corrected chi connectivity index (χ2v) is 8.07. The minimum Gasteiger partial charge on any atom is -0.144 e. The van der Waals surface area contributed by atoms with Crippen LogP contribution in [0.3, 0.4) is 0 Å². The molecule has 2 aromatic heterocycles. The summed E-state index contributed by atoms with van der Waals surface area (Å²) in [6.45, 7) is 4.68. The van der Waals surface area contributed by atoms with Crippen molar-refractivity contribution in [2.24, 2.45) is 0 Å². The van der Waals surface area contributed by atoms with Crippen molar-refractivity contribution in [2.75, 3.05) is 0 Å². The molecule has 0 atom stereocenters. The maximum Gasteiger partial charge on any atom is 0.0927 e. The van der Waals surface area contributed by atoms with Crippen molar-refractivity contribution in [1.82, 2.24) is 0 Å². The summed E-state index contributed by atoms with van der Waals surface area (Å²) in [6, 6.07) is 8.85. The van der Waals surface area contributed by atoms with Gasteiger partial charge in [0.2, 0.25) is 0 Å². The van der Waals surface area contributed by atoms with Gasteiger partial charge in [0.15, 0.2) is 0 Å². The van der Waals surface area contributed by atoms with Gasteiger partial charge in [0.1, 0.15) is 0 Å². The fourth-order valence-electron chi connectivity index (χ4n) is 1.16. The Morgan fingerprint density at radius 3 is 2.46 bits per heavy atom. The van der Waals surface area contributed by atoms with Crippen molar-refractivity contribution >= 4 is 36.0 Å². The lowest BCUT2D eigenvalue weighted by Crippen LogP contribution is -2.17. The molecule has 0 aliphatic heterocycles. The molecule has 3 heteroatoms. The zero-order valence-corrected chi connectivity index (χ0v) is 10.3. The second kappa shape index (κ2) is 3.78. The Kier molecular flexibility index (Phi) is 2.67. The molecule has 13 heavy (non-hydrogen) atoms. The zero-order valence-electron chi connectivity index (χ0n) is 7.70. The molecular weight excluding hydrogens is 212 g/mol. The lowest BCUT2D eigenvalue weighted by atomic mass is 10.4. The van der Waals surface area contributed by atoms with E-state index in [-0.39, 0.29) is 8.80 Å². The van der Waals surface area contributed by atoms with Crippen LogP contribution in [-0.2, 0) is 0 Å². The lowest BCUT2D eigenvalue weighted by Gasteiger charge is -1.94. The van der Waals surface area contributed by atoms with Gasteiger partial charge in [-0.05, 0) is 22.0 Å². The predicted octanol–water partition coefficient (Wildman–Crippen LogP) is 3.44. The first-order chi connectivity index (χ1) is 6.27. The highest BCUT2D eigenvalue weighted by atomic mass is 32.1. The molecule has 0 nitrogen and oxygen atoms in total. The van der Waals surface area contributed by atoms with Crippen LogP contribution in [0.5, 0.6) is 0 Å². The average molecular weight is 223 g/mol. The Hall–Kier alpha value is -0.383. The molecule has 67 valence electrons. The van der Waals surface area contributed by atoms with Gasteiger partial charge in [-0.2, -0.15) is 0 Å². The van der Waals surface area contributed by atoms with Crippen LogP contribution >= 0.6 is 22.7 Å². The molecule has 1 radical (unpaired) electrons. The summed E-state index contributed by atoms with van der Waals surface area (Å²) in [5.74, 6) is 0. The van der Waals surface area contributed by atoms with Crippen LogP contribution in [0.15, 0.2) is 29.6 Å². The number of hydrogen-bond acceptors (Lipinski definition) is 2. The average Bonchev–Trinajstić information content (AvgIpc) is 2.75. The first-order valence-electron chi connectivity index (χ1n) is 4.21. The van der Waals surface area contributed by atoms with Crippen molar-refractivity contribution in [1.29, 1.82) is 0 Å². The van der Waals surface area contributed by atoms with E-state index in [1.807, 2.05) is 22.7 Å². The van der Waals surface area contributed by atoms with E-state index in [9.17, 15) is 0 Å². The molecule has 0 bridgehead atoms. The summed E-state index contributed by atoms with van der Waals surface area (Å²) < 4.78 is 1.58. The fourth-order valence-corrected chi connectivity index (χ4v) is 4.31. The van der Waals surface area contributed by atoms with E-state index in [0.29, 0.717) is 0 Å². The molecule has 0 spiro atoms. The largest absolute Gasteiger partial charge is 0.144 e. The maximum absolute atomic E-state index is 2.34. The van der Waals surface area contributed by atoms with Crippen molar-refractivity contribution in [2.45, 2.75) is 13.1 Å². The van der Waals surface area contributed by atoms with Gasteiger partial charge in [-0.15, -0.1) is 22.7 Å². The smallest absolute Gasteiger partial charge is 0.0927 e. The van der Waals surface area contributed by atoms with Gasteiger partial charge in [-0.1, -0.05) is 25.2 Å². The molecule has 0 aliphatic carbocycles. The summed E-state index contributed by atoms with van der Waals surface area (Å²) >= 11 is 3.78. The Balaban J connectivity index is 2.33. The topological polar surface area (TPSA) is 0 Å². The van der Waals surface area contributed by atoms with Gasteiger partial charge in [0.25, 0.3) is 0 Å². The van der Waals surface area contributed by atoms with E-state index in [1.54, 1.807) is 4.50 Å². The Labute approximate surface area is 88.5 Å². The first kappa shape index (κ1) is 9.18. The molecule has 0 unspecified atom stereocenters. The van der Waals surface area contributed by atoms with E-state index in [0.717, 1.165) is 0 Å². The lowest BCUT2D eigenvalue weighted by molar-refractivity contribution is 1.93. The summed E-state index contributed by atoms with van der Waals surface area (Å²) in [5.41, 5.74) is 0. The van der Waals surface area contributed by atoms with Crippen molar-refractivity contribution in [3.05, 3.63) is 29.6 Å². The van der Waals surface area contributed by atoms with E-state index in [2.05, 4.69) is 42.7 Å². The first-order valence-corrected chi connectivity index (χ1v) is 8.41. The van der Waals surface area contributed by atoms with Crippen LogP contribution in [0.1, 0.15) is 0 Å². The highest BCUT2D eigenvalue weighted by Crippen LogP contribution is 2.27. The minimum atomic E-state index is -0.258. The molecule has 0 saturated heterocycles. The maximum atomic E-state index is 2.34. The van der Waals surface area contributed by atoms with Crippen LogP contribution in [0.25, 0.3) is 9.75 Å². The monoisotopic (exact) mass is 223 g/mol. The molecular formula is C10H11S2Si. The van der Waals surface area contributed by atoms with Gasteiger partial charge in [0, 0.05) is 9.75 Å². The Morgan fingerprint density at radius 1 is 1.08 bits per heavy atom. The summed E-state index contributed by atoms with van der Waals surface area (Å²) in [6.07, 6.45) is 0. The number of thiophene rings is 2. The molecule has 0 amide bonds. The summed E-state index contributed by atoms with van der Waals surface area (Å²) in [5, 5.41) is 2.14. The van der Waals surface area contributed by atoms with Gasteiger partial charge in [-0.25, -0.2) is 0 Å². The van der Waals surface area contributed by atoms with Crippen molar-refractivity contribution < 1.29 is 0 Å². The third-order valence-corrected chi connectivity index (χ3v) is 6.51. The molecule has 0 aliphatic rings. The normalized spacial score (nSPS) is 11.0. The molecule has 0 N–H and O–H groups in total. The van der Waals surface area contributed by atoms with Crippen LogP contribution < -0.4 is 4.50 Å². The molecule has 0 saturated carbocycles. The molecule has 2 rings (SSSR count). The summed E-state index contributed by atoms with van der Waals surface area (Å²) in [4.78, 5) is 2.83. The molecule has 2 aromatic rings. The van der Waals surface area contributed by atoms with E-state index in [1.165, 1.54) is 9.75 Å². The molecule has 0 aromatic carbocycles. The Morgan fingerprint density at radius 2 is 1.92 bits per heavy atom. The highest BCUT2D eigenvalue weighted by molar-refractivity contribution is 7.28. The quantitative estimate of drug-likeness (QED) is 0.684. The number of rotatable bonds is 2. The van der Waals surface area contributed by atoms with Crippen molar-refractivity contribution in [3.8, 4) is 9.75 Å². The van der Waals surface area contributed by atoms with E-state index in [4.69, 9.17) is 0 Å². The van der Waals surface area contributed by atoms with Gasteiger partial charge >= 0.3 is 0 Å². The molecule has 2 heterocycles. The minimum absolute atomic E-state index is 0.258. The fraction of sp³-hybridized carbons (Fsp3) is 0.200. The molecule has 0 fully saturated rings. The highest BCUT2D eigenvalue weighted by Gasteiger charge is 2.06. The van der Waals surface area contributed by atoms with Crippen LogP contribution in [-0.4, -0.2) is 8.80 Å². The van der Waals surface area contributed by atoms with Crippen molar-refractivity contribution in [3.63, 3.8) is 0 Å². The second-order valence-electron chi connectivity index (χ2n) is 3.14. The van der Waals surface area contributed by atoms with Crippen LogP contribution in [0.2, 0.25) is 13.1 Å². The Bertz CT molecular complexity index is 373. The number of hydrogen-bond donors (Lipinski definition) is 0. The van der Waals surface area contributed by atoms with Gasteiger partial charge < -0.3 is 0 Å². The predicted molar refractivity (Wildman–Crippen MR) is 64.7 cm³/mol. The van der Waals surface area contributed by atoms with Crippen LogP contribution in [0, 0.1) is 0 Å². The SMILES string of the molecule is C[Si](C)c1ccc(-c2cccs2)s1. The summed E-state index contributed by atoms with van der Waals surface area (Å²) in [7, 11) is -0.258. The standard InChI is InChI=1S/C10H11S2Si/c1-13(2)10-6-5-9(12-10)8-4-3-7-11-8/h3-7H,1-2H3.